The van der Waals surface area contributed by atoms with E-state index in [1.807, 2.05) is 11.8 Å². The first-order valence-corrected chi connectivity index (χ1v) is 7.22. The van der Waals surface area contributed by atoms with Crippen LogP contribution in [-0.4, -0.2) is 55.2 Å². The highest BCUT2D eigenvalue weighted by Crippen LogP contribution is 2.14. The zero-order valence-corrected chi connectivity index (χ0v) is 10.5. The minimum atomic E-state index is 0.575. The van der Waals surface area contributed by atoms with Crippen molar-refractivity contribution in [1.29, 1.82) is 0 Å². The Morgan fingerprint density at radius 2 is 2.25 bits per heavy atom. The number of rotatable bonds is 2. The fourth-order valence-corrected chi connectivity index (χ4v) is 2.97. The lowest BCUT2D eigenvalue weighted by Crippen LogP contribution is -2.43. The highest BCUT2D eigenvalue weighted by atomic mass is 32.2. The monoisotopic (exact) mass is 243 g/mol. The molecule has 2 N–H and O–H groups in total. The molecule has 2 rings (SSSR count). The lowest BCUT2D eigenvalue weighted by molar-refractivity contribution is 0.0581. The predicted octanol–water partition coefficient (Wildman–Crippen LogP) is 0.777. The highest BCUT2D eigenvalue weighted by Gasteiger charge is 2.15. The molecule has 0 bridgehead atoms. The van der Waals surface area contributed by atoms with Crippen molar-refractivity contribution in [3.63, 3.8) is 0 Å². The van der Waals surface area contributed by atoms with Gasteiger partial charge in [-0.2, -0.15) is 11.8 Å². The van der Waals surface area contributed by atoms with Crippen molar-refractivity contribution in [2.75, 3.05) is 44.4 Å². The van der Waals surface area contributed by atoms with Crippen LogP contribution in [0.4, 0.5) is 0 Å². The zero-order valence-electron chi connectivity index (χ0n) is 9.73. The smallest absolute Gasteiger partial charge is 0.191 e. The molecule has 0 aromatic rings. The summed E-state index contributed by atoms with van der Waals surface area (Å²) in [5.74, 6) is 3.64. The minimum Gasteiger partial charge on any atom is -0.381 e. The normalized spacial score (nSPS) is 28.1. The standard InChI is InChI=1S/C11H21N3OS/c12-11(14-3-6-16-7-4-14)13-8-10-2-1-5-15-9-10/h10H,1-9H2,(H2,12,13). The zero-order chi connectivity index (χ0) is 11.2. The van der Waals surface area contributed by atoms with E-state index in [1.165, 1.54) is 24.3 Å². The van der Waals surface area contributed by atoms with Gasteiger partial charge in [-0.05, 0) is 12.8 Å². The van der Waals surface area contributed by atoms with Crippen molar-refractivity contribution in [1.82, 2.24) is 4.90 Å². The van der Waals surface area contributed by atoms with E-state index in [-0.39, 0.29) is 0 Å². The highest BCUT2D eigenvalue weighted by molar-refractivity contribution is 7.99. The lowest BCUT2D eigenvalue weighted by atomic mass is 10.0. The summed E-state index contributed by atoms with van der Waals surface area (Å²) in [7, 11) is 0. The van der Waals surface area contributed by atoms with Crippen LogP contribution in [0.15, 0.2) is 4.99 Å². The first-order valence-electron chi connectivity index (χ1n) is 6.06. The summed E-state index contributed by atoms with van der Waals surface area (Å²) in [6.07, 6.45) is 2.40. The largest absolute Gasteiger partial charge is 0.381 e. The molecule has 1 unspecified atom stereocenters. The van der Waals surface area contributed by atoms with Gasteiger partial charge in [0.2, 0.25) is 0 Å². The van der Waals surface area contributed by atoms with Gasteiger partial charge in [-0.1, -0.05) is 0 Å². The first kappa shape index (κ1) is 12.0. The molecule has 2 fully saturated rings. The summed E-state index contributed by atoms with van der Waals surface area (Å²) in [6.45, 7) is 4.68. The summed E-state index contributed by atoms with van der Waals surface area (Å²) >= 11 is 1.99. The van der Waals surface area contributed by atoms with Crippen LogP contribution < -0.4 is 5.73 Å². The van der Waals surface area contributed by atoms with Gasteiger partial charge in [0.1, 0.15) is 0 Å². The average molecular weight is 243 g/mol. The third kappa shape index (κ3) is 3.56. The van der Waals surface area contributed by atoms with Gasteiger partial charge in [-0.3, -0.25) is 4.99 Å². The second-order valence-corrected chi connectivity index (χ2v) is 5.61. The van der Waals surface area contributed by atoms with Gasteiger partial charge in [0.25, 0.3) is 0 Å². The van der Waals surface area contributed by atoms with E-state index in [1.54, 1.807) is 0 Å². The number of ether oxygens (including phenoxy) is 1. The maximum atomic E-state index is 5.99. The fourth-order valence-electron chi connectivity index (χ4n) is 2.07. The molecule has 0 radical (unpaired) electrons. The summed E-state index contributed by atoms with van der Waals surface area (Å²) in [5, 5.41) is 0. The molecular formula is C11H21N3OS. The molecule has 16 heavy (non-hydrogen) atoms. The van der Waals surface area contributed by atoms with E-state index in [0.717, 1.165) is 38.8 Å². The summed E-state index contributed by atoms with van der Waals surface area (Å²) in [6, 6.07) is 0. The molecule has 0 aromatic heterocycles. The lowest BCUT2D eigenvalue weighted by Gasteiger charge is -2.28. The molecule has 0 saturated carbocycles. The van der Waals surface area contributed by atoms with Gasteiger partial charge in [0, 0.05) is 43.7 Å². The molecule has 0 spiro atoms. The van der Waals surface area contributed by atoms with Crippen LogP contribution in [0.5, 0.6) is 0 Å². The van der Waals surface area contributed by atoms with Crippen LogP contribution in [0.1, 0.15) is 12.8 Å². The predicted molar refractivity (Wildman–Crippen MR) is 68.9 cm³/mol. The Morgan fingerprint density at radius 3 is 2.94 bits per heavy atom. The van der Waals surface area contributed by atoms with Crippen molar-refractivity contribution in [3.8, 4) is 0 Å². The molecule has 0 aliphatic carbocycles. The van der Waals surface area contributed by atoms with Gasteiger partial charge in [0.15, 0.2) is 5.96 Å². The Labute approximate surface area is 102 Å². The number of hydrogen-bond acceptors (Lipinski definition) is 3. The van der Waals surface area contributed by atoms with E-state index >= 15 is 0 Å². The molecule has 4 nitrogen and oxygen atoms in total. The molecule has 2 aliphatic heterocycles. The second-order valence-electron chi connectivity index (χ2n) is 4.38. The van der Waals surface area contributed by atoms with E-state index in [4.69, 9.17) is 10.5 Å². The molecule has 0 amide bonds. The molecule has 2 heterocycles. The molecule has 1 atom stereocenters. The van der Waals surface area contributed by atoms with Crippen LogP contribution in [-0.2, 0) is 4.74 Å². The maximum Gasteiger partial charge on any atom is 0.191 e. The Morgan fingerprint density at radius 1 is 1.44 bits per heavy atom. The maximum absolute atomic E-state index is 5.99. The topological polar surface area (TPSA) is 50.9 Å². The summed E-state index contributed by atoms with van der Waals surface area (Å²) < 4.78 is 5.43. The molecule has 5 heteroatoms. The van der Waals surface area contributed by atoms with E-state index in [9.17, 15) is 0 Å². The number of nitrogens with zero attached hydrogens (tertiary/aromatic N) is 2. The number of guanidine groups is 1. The van der Waals surface area contributed by atoms with Crippen molar-refractivity contribution in [2.24, 2.45) is 16.6 Å². The molecule has 2 saturated heterocycles. The van der Waals surface area contributed by atoms with E-state index in [2.05, 4.69) is 9.89 Å². The molecule has 0 aromatic carbocycles. The summed E-state index contributed by atoms with van der Waals surface area (Å²) in [5.41, 5.74) is 5.99. The number of nitrogens with two attached hydrogens (primary N) is 1. The first-order chi connectivity index (χ1) is 7.86. The van der Waals surface area contributed by atoms with Crippen LogP contribution >= 0.6 is 11.8 Å². The molecule has 2 aliphatic rings. The van der Waals surface area contributed by atoms with E-state index in [0.29, 0.717) is 5.92 Å². The van der Waals surface area contributed by atoms with Crippen molar-refractivity contribution in [2.45, 2.75) is 12.8 Å². The van der Waals surface area contributed by atoms with Gasteiger partial charge >= 0.3 is 0 Å². The molecular weight excluding hydrogens is 222 g/mol. The average Bonchev–Trinajstić information content (AvgIpc) is 2.38. The van der Waals surface area contributed by atoms with Crippen LogP contribution in [0.2, 0.25) is 0 Å². The number of aliphatic imine (C=N–C) groups is 1. The van der Waals surface area contributed by atoms with Crippen molar-refractivity contribution in [3.05, 3.63) is 0 Å². The quantitative estimate of drug-likeness (QED) is 0.575. The van der Waals surface area contributed by atoms with Gasteiger partial charge in [-0.25, -0.2) is 0 Å². The van der Waals surface area contributed by atoms with E-state index < -0.39 is 0 Å². The fraction of sp³-hybridized carbons (Fsp3) is 0.909. The number of thioether (sulfide) groups is 1. The van der Waals surface area contributed by atoms with Crippen LogP contribution in [0.25, 0.3) is 0 Å². The number of hydrogen-bond donors (Lipinski definition) is 1. The Balaban J connectivity index is 1.76. The third-order valence-corrected chi connectivity index (χ3v) is 4.04. The van der Waals surface area contributed by atoms with Crippen molar-refractivity contribution >= 4 is 17.7 Å². The Bertz CT molecular complexity index is 235. The van der Waals surface area contributed by atoms with Crippen LogP contribution in [0, 0.1) is 5.92 Å². The Hall–Kier alpha value is -0.420. The summed E-state index contributed by atoms with van der Waals surface area (Å²) in [4.78, 5) is 6.70. The van der Waals surface area contributed by atoms with Gasteiger partial charge in [-0.15, -0.1) is 0 Å². The van der Waals surface area contributed by atoms with Gasteiger partial charge in [0.05, 0.1) is 6.61 Å². The van der Waals surface area contributed by atoms with Gasteiger partial charge < -0.3 is 15.4 Å². The van der Waals surface area contributed by atoms with Crippen molar-refractivity contribution < 1.29 is 4.74 Å². The minimum absolute atomic E-state index is 0.575. The second kappa shape index (κ2) is 6.35. The SMILES string of the molecule is NC(=NCC1CCCOC1)N1CCSCC1. The van der Waals surface area contributed by atoms with Crippen LogP contribution in [0.3, 0.4) is 0 Å². The third-order valence-electron chi connectivity index (χ3n) is 3.10. The Kier molecular flexibility index (Phi) is 4.78. The molecule has 92 valence electrons.